The fourth-order valence-corrected chi connectivity index (χ4v) is 6.46. The predicted molar refractivity (Wildman–Crippen MR) is 151 cm³/mol. The molecule has 2 heterocycles. The van der Waals surface area contributed by atoms with Crippen molar-refractivity contribution in [3.8, 4) is 0 Å². The second kappa shape index (κ2) is 25.7. The molecule has 0 unspecified atom stereocenters. The molecular formula is C18H29I2N2O3S4V2-. The van der Waals surface area contributed by atoms with E-state index in [-0.39, 0.29) is 32.0 Å². The number of esters is 1. The molecule has 0 spiro atoms. The summed E-state index contributed by atoms with van der Waals surface area (Å²) in [5.41, 5.74) is 0.620. The number of ether oxygens (including phenoxy) is 1. The molecule has 1 aromatic carbocycles. The van der Waals surface area contributed by atoms with Crippen LogP contribution >= 0.6 is 87.0 Å². The zero-order valence-corrected chi connectivity index (χ0v) is 27.8. The quantitative estimate of drug-likeness (QED) is 0.233. The van der Waals surface area contributed by atoms with Gasteiger partial charge < -0.3 is 17.3 Å². The second-order valence-electron chi connectivity index (χ2n) is 5.65. The maximum absolute atomic E-state index is 11.6. The van der Waals surface area contributed by atoms with Gasteiger partial charge in [-0.3, -0.25) is 9.80 Å². The van der Waals surface area contributed by atoms with E-state index in [1.54, 1.807) is 12.1 Å². The summed E-state index contributed by atoms with van der Waals surface area (Å²) in [5.74, 6) is 4.02. The van der Waals surface area contributed by atoms with Crippen LogP contribution in [0.4, 0.5) is 0 Å². The van der Waals surface area contributed by atoms with Crippen molar-refractivity contribution in [2.24, 2.45) is 0 Å². The van der Waals surface area contributed by atoms with Crippen molar-refractivity contribution in [2.45, 2.75) is 0 Å². The van der Waals surface area contributed by atoms with E-state index >= 15 is 0 Å². The molecule has 2 fully saturated rings. The number of aliphatic hydroxyl groups is 1. The van der Waals surface area contributed by atoms with E-state index in [1.165, 1.54) is 10.2 Å². The third kappa shape index (κ3) is 19.5. The van der Waals surface area contributed by atoms with E-state index in [4.69, 9.17) is 9.84 Å². The Morgan fingerprint density at radius 2 is 1.42 bits per heavy atom. The Hall–Kier alpha value is 2.60. The molecule has 0 saturated carbocycles. The first-order valence-corrected chi connectivity index (χ1v) is 22.3. The Morgan fingerprint density at radius 1 is 0.968 bits per heavy atom. The molecule has 0 aromatic heterocycles. The number of benzene rings is 1. The van der Waals surface area contributed by atoms with Gasteiger partial charge in [-0.25, -0.2) is 4.79 Å². The van der Waals surface area contributed by atoms with Crippen molar-refractivity contribution >= 4 is 93.0 Å². The van der Waals surface area contributed by atoms with E-state index < -0.39 is 0 Å². The van der Waals surface area contributed by atoms with Crippen LogP contribution in [0.5, 0.6) is 0 Å². The van der Waals surface area contributed by atoms with Crippen LogP contribution < -0.4 is 0 Å². The van der Waals surface area contributed by atoms with Gasteiger partial charge in [0, 0.05) is 65.3 Å². The average molecular weight is 805 g/mol. The van der Waals surface area contributed by atoms with Crippen LogP contribution in [0.15, 0.2) is 30.3 Å². The minimum atomic E-state index is -0.233. The zero-order valence-electron chi connectivity index (χ0n) is 17.4. The van der Waals surface area contributed by atoms with Crippen LogP contribution in [-0.4, -0.2) is 80.9 Å². The number of hydrogen-bond acceptors (Lipinski definition) is 9. The molecule has 1 N–H and O–H groups in total. The molecule has 2 aliphatic heterocycles. The summed E-state index contributed by atoms with van der Waals surface area (Å²) in [4.78, 5) is 16.2. The van der Waals surface area contributed by atoms with Crippen LogP contribution in [-0.2, 0) is 32.8 Å². The fourth-order valence-electron chi connectivity index (χ4n) is 2.18. The van der Waals surface area contributed by atoms with E-state index in [9.17, 15) is 4.79 Å². The maximum atomic E-state index is 11.6. The molecule has 1 aromatic rings. The smallest absolute Gasteiger partial charge is 0 e. The fraction of sp³-hybridized carbons (Fsp3) is 0.556. The van der Waals surface area contributed by atoms with Crippen LogP contribution in [0.3, 0.4) is 0 Å². The molecule has 0 atom stereocenters. The molecule has 2 aliphatic rings. The zero-order chi connectivity index (χ0) is 21.2. The molecule has 1 radical (unpaired) electrons. The van der Waals surface area contributed by atoms with Gasteiger partial charge >= 0.3 is 55.4 Å². The Morgan fingerprint density at radius 3 is 1.87 bits per heavy atom. The number of carbonyl (C=O) groups is 1. The third-order valence-electron chi connectivity index (χ3n) is 3.50. The maximum Gasteiger partial charge on any atom is 0 e. The van der Waals surface area contributed by atoms with E-state index in [2.05, 4.69) is 49.8 Å². The van der Waals surface area contributed by atoms with E-state index in [0.717, 1.165) is 36.6 Å². The summed E-state index contributed by atoms with van der Waals surface area (Å²) in [5, 5.41) is 10.9. The first-order valence-electron chi connectivity index (χ1n) is 8.72. The van der Waals surface area contributed by atoms with Gasteiger partial charge in [0.1, 0.15) is 6.61 Å². The first kappa shape index (κ1) is 35.8. The van der Waals surface area contributed by atoms with Gasteiger partial charge in [0.05, 0.1) is 12.2 Å². The summed E-state index contributed by atoms with van der Waals surface area (Å²) in [7, 11) is 0.628. The Bertz CT molecular complexity index is 531. The van der Waals surface area contributed by atoms with Gasteiger partial charge in [-0.05, 0) is 12.1 Å². The topological polar surface area (TPSA) is 53.0 Å². The van der Waals surface area contributed by atoms with Crippen LogP contribution in [0.1, 0.15) is 10.4 Å². The molecule has 13 heteroatoms. The van der Waals surface area contributed by atoms with Gasteiger partial charge in [0.15, 0.2) is 0 Å². The first-order chi connectivity index (χ1) is 14.2. The molecule has 31 heavy (non-hydrogen) atoms. The monoisotopic (exact) mass is 805 g/mol. The molecule has 178 valence electrons. The molecule has 2 saturated heterocycles. The predicted octanol–water partition coefficient (Wildman–Crippen LogP) is 5.35. The molecule has 0 aliphatic carbocycles. The number of nitrogens with zero attached hydrogens (tertiary/aromatic N) is 2. The van der Waals surface area contributed by atoms with Crippen molar-refractivity contribution in [3.05, 3.63) is 43.3 Å². The van der Waals surface area contributed by atoms with Gasteiger partial charge in [-0.15, -0.1) is 47.0 Å². The van der Waals surface area contributed by atoms with Crippen LogP contribution in [0.25, 0.3) is 0 Å². The minimum absolute atomic E-state index is 0. The van der Waals surface area contributed by atoms with Gasteiger partial charge in [-0.1, -0.05) is 18.2 Å². The standard InChI is InChI=1S/C12H15NO2S2.C5H11NOS2.CH3.2HI.2V/c14-12(11-4-2-1-3-5-11)15-7-6-13-8-16-10-17-9-13;7-2-1-6-3-8-5-9-4-6;;;;;/h1-5H,6-10H2;7H,1-5H2;1H3;2*1H;;/q;;-1;;;;+2/p-2. The Labute approximate surface area is 245 Å². The number of carbonyl (C=O) groups excluding carboxylic acids is 1. The minimum Gasteiger partial charge on any atom is 0 e. The van der Waals surface area contributed by atoms with Crippen LogP contribution in [0.2, 0.25) is 0 Å². The summed E-state index contributed by atoms with van der Waals surface area (Å²) >= 11 is 12.4. The second-order valence-corrected chi connectivity index (χ2v) is 22.0. The van der Waals surface area contributed by atoms with Crippen molar-refractivity contribution in [3.63, 3.8) is 0 Å². The molecular weight excluding hydrogens is 776 g/mol. The molecule has 0 bridgehead atoms. The largest absolute Gasteiger partial charge is 0 e. The van der Waals surface area contributed by atoms with Crippen LogP contribution in [0, 0.1) is 7.43 Å². The number of hydrogen-bond donors (Lipinski definition) is 1. The van der Waals surface area contributed by atoms with Gasteiger partial charge in [-0.2, -0.15) is 0 Å². The number of halogens is 2. The van der Waals surface area contributed by atoms with E-state index in [0.29, 0.717) is 28.2 Å². The summed E-state index contributed by atoms with van der Waals surface area (Å²) < 4.78 is 5.23. The summed E-state index contributed by atoms with van der Waals surface area (Å²) in [6.07, 6.45) is 0. The normalized spacial score (nSPS) is 16.1. The average Bonchev–Trinajstić information content (AvgIpc) is 2.77. The van der Waals surface area contributed by atoms with Gasteiger partial charge in [0.2, 0.25) is 0 Å². The van der Waals surface area contributed by atoms with Crippen molar-refractivity contribution in [2.75, 3.05) is 60.0 Å². The van der Waals surface area contributed by atoms with Crippen molar-refractivity contribution in [1.29, 1.82) is 0 Å². The summed E-state index contributed by atoms with van der Waals surface area (Å²) in [6, 6.07) is 9.12. The Balaban J connectivity index is 0. The number of aliphatic hydroxyl groups excluding tert-OH is 1. The van der Waals surface area contributed by atoms with Gasteiger partial charge in [0.25, 0.3) is 0 Å². The van der Waals surface area contributed by atoms with Crippen molar-refractivity contribution in [1.82, 2.24) is 9.80 Å². The van der Waals surface area contributed by atoms with Crippen molar-refractivity contribution < 1.29 is 42.7 Å². The number of β-amino-alcohol motifs (C(OH)–C–C–N with tert-alkyl or cyclic N) is 1. The number of rotatable bonds is 6. The molecule has 3 rings (SSSR count). The summed E-state index contributed by atoms with van der Waals surface area (Å²) in [6.45, 7) is 2.41. The number of thioether (sulfide) groups is 4. The SMILES string of the molecule is O=C(OCCN1CSCSC1)c1ccccc1.OCCN1CSCSC1.[CH3-].[I][V][I].[V]. The Kier molecular flexibility index (Phi) is 29.6. The molecule has 0 amide bonds. The molecule has 5 nitrogen and oxygen atoms in total. The third-order valence-corrected chi connectivity index (χ3v) is 8.35. The van der Waals surface area contributed by atoms with E-state index in [1.807, 2.05) is 65.2 Å².